The number of rotatable bonds is 3. The summed E-state index contributed by atoms with van der Waals surface area (Å²) in [7, 11) is 0. The third kappa shape index (κ3) is 3.45. The molecule has 0 bridgehead atoms. The highest BCUT2D eigenvalue weighted by molar-refractivity contribution is 8.14. The predicted molar refractivity (Wildman–Crippen MR) is 92.9 cm³/mol. The SMILES string of the molecule is CCC(N=C1NC2(CCCC(C)C2)CS1)c1ccccc1. The van der Waals surface area contributed by atoms with Gasteiger partial charge in [-0.05, 0) is 30.7 Å². The lowest BCUT2D eigenvalue weighted by Crippen LogP contribution is -2.47. The fourth-order valence-corrected chi connectivity index (χ4v) is 4.94. The number of hydrogen-bond donors (Lipinski definition) is 1. The Morgan fingerprint density at radius 1 is 1.38 bits per heavy atom. The zero-order valence-corrected chi connectivity index (χ0v) is 14.0. The smallest absolute Gasteiger partial charge is 0.157 e. The van der Waals surface area contributed by atoms with Crippen molar-refractivity contribution < 1.29 is 0 Å². The van der Waals surface area contributed by atoms with Gasteiger partial charge in [-0.2, -0.15) is 0 Å². The number of hydrogen-bond acceptors (Lipinski definition) is 2. The number of nitrogens with zero attached hydrogens (tertiary/aromatic N) is 1. The molecule has 2 fully saturated rings. The fourth-order valence-electron chi connectivity index (χ4n) is 3.70. The fraction of sp³-hybridized carbons (Fsp3) is 0.611. The Morgan fingerprint density at radius 2 is 2.19 bits per heavy atom. The van der Waals surface area contributed by atoms with Crippen molar-refractivity contribution in [1.82, 2.24) is 5.32 Å². The van der Waals surface area contributed by atoms with E-state index in [9.17, 15) is 0 Å². The van der Waals surface area contributed by atoms with Gasteiger partial charge in [0, 0.05) is 11.3 Å². The zero-order chi connectivity index (χ0) is 14.7. The van der Waals surface area contributed by atoms with Gasteiger partial charge < -0.3 is 5.32 Å². The maximum absolute atomic E-state index is 5.01. The van der Waals surface area contributed by atoms with E-state index in [4.69, 9.17) is 4.99 Å². The van der Waals surface area contributed by atoms with Crippen LogP contribution < -0.4 is 5.32 Å². The van der Waals surface area contributed by atoms with E-state index in [1.54, 1.807) is 0 Å². The summed E-state index contributed by atoms with van der Waals surface area (Å²) in [5.41, 5.74) is 1.66. The van der Waals surface area contributed by atoms with E-state index in [1.165, 1.54) is 42.2 Å². The molecule has 2 aliphatic rings. The van der Waals surface area contributed by atoms with E-state index in [2.05, 4.69) is 49.5 Å². The van der Waals surface area contributed by atoms with Gasteiger partial charge in [0.25, 0.3) is 0 Å². The summed E-state index contributed by atoms with van der Waals surface area (Å²) in [6.45, 7) is 4.61. The molecule has 2 nitrogen and oxygen atoms in total. The van der Waals surface area contributed by atoms with Crippen LogP contribution in [0.25, 0.3) is 0 Å². The Kier molecular flexibility index (Phi) is 4.58. The standard InChI is InChI=1S/C18H26N2S/c1-3-16(15-9-5-4-6-10-15)19-17-20-18(13-21-17)11-7-8-14(2)12-18/h4-6,9-10,14,16H,3,7-8,11-13H2,1-2H3,(H,19,20). The average Bonchev–Trinajstić information content (AvgIpc) is 2.87. The van der Waals surface area contributed by atoms with Crippen LogP contribution in [0.1, 0.15) is 57.6 Å². The highest BCUT2D eigenvalue weighted by Gasteiger charge is 2.40. The number of thioether (sulfide) groups is 1. The van der Waals surface area contributed by atoms with Crippen molar-refractivity contribution in [3.63, 3.8) is 0 Å². The first-order valence-corrected chi connectivity index (χ1v) is 9.23. The molecule has 114 valence electrons. The lowest BCUT2D eigenvalue weighted by Gasteiger charge is -2.36. The van der Waals surface area contributed by atoms with Gasteiger partial charge >= 0.3 is 0 Å². The van der Waals surface area contributed by atoms with Crippen LogP contribution in [-0.4, -0.2) is 16.5 Å². The molecule has 3 rings (SSSR count). The second-order valence-corrected chi connectivity index (χ2v) is 7.63. The number of amidine groups is 1. The molecule has 1 spiro atoms. The van der Waals surface area contributed by atoms with Gasteiger partial charge in [-0.1, -0.05) is 68.8 Å². The van der Waals surface area contributed by atoms with E-state index in [1.807, 2.05) is 11.8 Å². The van der Waals surface area contributed by atoms with Crippen LogP contribution in [0.5, 0.6) is 0 Å². The summed E-state index contributed by atoms with van der Waals surface area (Å²) in [5, 5.41) is 4.95. The Labute approximate surface area is 132 Å². The zero-order valence-electron chi connectivity index (χ0n) is 13.1. The summed E-state index contributed by atoms with van der Waals surface area (Å²) >= 11 is 1.93. The molecule has 3 unspecified atom stereocenters. The van der Waals surface area contributed by atoms with Gasteiger partial charge in [-0.25, -0.2) is 0 Å². The Balaban J connectivity index is 1.72. The molecule has 1 aromatic rings. The van der Waals surface area contributed by atoms with Crippen LogP contribution in [0.4, 0.5) is 0 Å². The molecule has 1 saturated carbocycles. The molecule has 0 aromatic heterocycles. The van der Waals surface area contributed by atoms with Gasteiger partial charge in [-0.15, -0.1) is 0 Å². The van der Waals surface area contributed by atoms with Crippen molar-refractivity contribution in [1.29, 1.82) is 0 Å². The normalized spacial score (nSPS) is 32.3. The van der Waals surface area contributed by atoms with Crippen LogP contribution in [0.2, 0.25) is 0 Å². The molecule has 1 N–H and O–H groups in total. The molecule has 1 heterocycles. The number of nitrogens with one attached hydrogen (secondary N) is 1. The van der Waals surface area contributed by atoms with Crippen LogP contribution >= 0.6 is 11.8 Å². The van der Waals surface area contributed by atoms with Gasteiger partial charge in [0.15, 0.2) is 5.17 Å². The van der Waals surface area contributed by atoms with Crippen LogP contribution in [-0.2, 0) is 0 Å². The molecule has 3 heteroatoms. The lowest BCUT2D eigenvalue weighted by molar-refractivity contribution is 0.242. The van der Waals surface area contributed by atoms with E-state index in [0.717, 1.165) is 12.3 Å². The summed E-state index contributed by atoms with van der Waals surface area (Å²) in [5.74, 6) is 2.05. The molecule has 21 heavy (non-hydrogen) atoms. The molecule has 0 amide bonds. The van der Waals surface area contributed by atoms with Gasteiger partial charge in [0.05, 0.1) is 6.04 Å². The van der Waals surface area contributed by atoms with Crippen LogP contribution in [0.3, 0.4) is 0 Å². The van der Waals surface area contributed by atoms with Gasteiger partial charge in [0.2, 0.25) is 0 Å². The molecule has 1 aliphatic heterocycles. The van der Waals surface area contributed by atoms with E-state index in [0.29, 0.717) is 5.54 Å². The molecular formula is C18H26N2S. The second-order valence-electron chi connectivity index (χ2n) is 6.66. The van der Waals surface area contributed by atoms with Crippen LogP contribution in [0, 0.1) is 5.92 Å². The Morgan fingerprint density at radius 3 is 2.90 bits per heavy atom. The van der Waals surface area contributed by atoms with Crippen molar-refractivity contribution in [3.8, 4) is 0 Å². The molecule has 3 atom stereocenters. The van der Waals surface area contributed by atoms with Crippen molar-refractivity contribution in [2.75, 3.05) is 5.75 Å². The second kappa shape index (κ2) is 6.43. The quantitative estimate of drug-likeness (QED) is 0.869. The van der Waals surface area contributed by atoms with Gasteiger partial charge in [0.1, 0.15) is 0 Å². The highest BCUT2D eigenvalue weighted by Crippen LogP contribution is 2.39. The molecule has 1 aliphatic carbocycles. The summed E-state index contributed by atoms with van der Waals surface area (Å²) in [6, 6.07) is 11.0. The van der Waals surface area contributed by atoms with Gasteiger partial charge in [-0.3, -0.25) is 4.99 Å². The minimum Gasteiger partial charge on any atom is -0.359 e. The van der Waals surface area contributed by atoms with Crippen molar-refractivity contribution >= 4 is 16.9 Å². The van der Waals surface area contributed by atoms with Crippen molar-refractivity contribution in [3.05, 3.63) is 35.9 Å². The van der Waals surface area contributed by atoms with Crippen molar-refractivity contribution in [2.45, 2.75) is 57.5 Å². The number of aliphatic imine (C=N–C) groups is 1. The summed E-state index contributed by atoms with van der Waals surface area (Å²) in [4.78, 5) is 5.01. The predicted octanol–water partition coefficient (Wildman–Crippen LogP) is 4.78. The van der Waals surface area contributed by atoms with E-state index >= 15 is 0 Å². The number of benzene rings is 1. The van der Waals surface area contributed by atoms with E-state index in [-0.39, 0.29) is 6.04 Å². The summed E-state index contributed by atoms with van der Waals surface area (Å²) in [6.07, 6.45) is 6.42. The Bertz CT molecular complexity index is 499. The van der Waals surface area contributed by atoms with Crippen molar-refractivity contribution in [2.24, 2.45) is 10.9 Å². The minimum absolute atomic E-state index is 0.289. The monoisotopic (exact) mass is 302 g/mol. The lowest BCUT2D eigenvalue weighted by atomic mass is 9.78. The molecular weight excluding hydrogens is 276 g/mol. The average molecular weight is 302 g/mol. The van der Waals surface area contributed by atoms with E-state index < -0.39 is 0 Å². The largest absolute Gasteiger partial charge is 0.359 e. The maximum atomic E-state index is 5.01. The third-order valence-corrected chi connectivity index (χ3v) is 5.97. The molecule has 1 saturated heterocycles. The first kappa shape index (κ1) is 15.0. The molecule has 0 radical (unpaired) electrons. The van der Waals surface area contributed by atoms with Crippen LogP contribution in [0.15, 0.2) is 35.3 Å². The first-order valence-electron chi connectivity index (χ1n) is 8.24. The third-order valence-electron chi connectivity index (χ3n) is 4.79. The summed E-state index contributed by atoms with van der Waals surface area (Å²) < 4.78 is 0. The topological polar surface area (TPSA) is 24.4 Å². The highest BCUT2D eigenvalue weighted by atomic mass is 32.2. The Hall–Kier alpha value is -0.960. The first-order chi connectivity index (χ1) is 10.2. The molecule has 1 aromatic carbocycles. The maximum Gasteiger partial charge on any atom is 0.157 e. The minimum atomic E-state index is 0.289.